The third-order valence-electron chi connectivity index (χ3n) is 26.1. The molecule has 0 aliphatic heterocycles. The van der Waals surface area contributed by atoms with Crippen molar-refractivity contribution in [1.82, 2.24) is 44.9 Å². The number of benzene rings is 20. The van der Waals surface area contributed by atoms with E-state index in [0.29, 0.717) is 23.0 Å². The summed E-state index contributed by atoms with van der Waals surface area (Å²) in [4.78, 5) is 43.3. The minimum absolute atomic E-state index is 0.0470. The van der Waals surface area contributed by atoms with Crippen molar-refractivity contribution in [3.63, 3.8) is 0 Å². The molecule has 6 aromatic heterocycles. The first-order valence-electron chi connectivity index (χ1n) is 49.2. The van der Waals surface area contributed by atoms with Gasteiger partial charge in [-0.05, 0) is 227 Å². The third kappa shape index (κ3) is 17.1. The van der Waals surface area contributed by atoms with E-state index < -0.39 is 18.1 Å². The molecular weight excluding hydrogens is 1700 g/mol. The fraction of sp³-hybridized carbons (Fsp3) is 0. The highest BCUT2D eigenvalue weighted by atomic mass is 14.9. The quantitative estimate of drug-likeness (QED) is 0.0925. The predicted molar refractivity (Wildman–Crippen MR) is 581 cm³/mol. The van der Waals surface area contributed by atoms with E-state index in [1.54, 1.807) is 24.8 Å². The molecule has 0 atom stereocenters. The molecule has 0 saturated carbocycles. The van der Waals surface area contributed by atoms with Crippen LogP contribution in [0.1, 0.15) is 6.85 Å². The molecule has 6 heterocycles. The lowest BCUT2D eigenvalue weighted by Gasteiger charge is -2.13. The Labute approximate surface area is 817 Å². The molecule has 9 nitrogen and oxygen atoms in total. The maximum absolute atomic E-state index is 8.70. The van der Waals surface area contributed by atoms with Gasteiger partial charge in [0.25, 0.3) is 0 Å². The Morgan fingerprint density at radius 1 is 0.143 bits per heavy atom. The smallest absolute Gasteiger partial charge is 0.160 e. The van der Waals surface area contributed by atoms with E-state index >= 15 is 0 Å². The van der Waals surface area contributed by atoms with E-state index in [9.17, 15) is 0 Å². The molecule has 0 bridgehead atoms. The van der Waals surface area contributed by atoms with Crippen molar-refractivity contribution in [2.75, 3.05) is 0 Å². The van der Waals surface area contributed by atoms with Crippen molar-refractivity contribution < 1.29 is 6.85 Å². The number of hydrogen-bond acceptors (Lipinski definition) is 9. The molecule has 140 heavy (non-hydrogen) atoms. The van der Waals surface area contributed by atoms with Gasteiger partial charge >= 0.3 is 0 Å². The number of aromatic nitrogens is 9. The van der Waals surface area contributed by atoms with Gasteiger partial charge in [-0.1, -0.05) is 388 Å². The highest BCUT2D eigenvalue weighted by molar-refractivity contribution is 6.26. The van der Waals surface area contributed by atoms with E-state index in [-0.39, 0.29) is 23.5 Å². The summed E-state index contributed by atoms with van der Waals surface area (Å²) in [5.74, 6) is 1.45. The molecule has 9 heteroatoms. The first-order chi connectivity index (χ1) is 71.4. The van der Waals surface area contributed by atoms with Crippen LogP contribution in [0.25, 0.3) is 255 Å². The second-order valence-electron chi connectivity index (χ2n) is 34.8. The molecule has 0 N–H and O–H groups in total. The predicted octanol–water partition coefficient (Wildman–Crippen LogP) is 33.8. The topological polar surface area (TPSA) is 116 Å². The van der Waals surface area contributed by atoms with Crippen LogP contribution in [0.2, 0.25) is 0 Å². The number of pyridine rings is 3. The number of nitrogens with zero attached hydrogens (tertiary/aromatic N) is 9. The van der Waals surface area contributed by atoms with E-state index in [1.807, 2.05) is 109 Å². The lowest BCUT2D eigenvalue weighted by atomic mass is 9.92. The minimum atomic E-state index is -0.463. The molecule has 0 radical (unpaired) electrons. The largest absolute Gasteiger partial charge is 0.264 e. The molecule has 20 aromatic carbocycles. The number of rotatable bonds is 15. The summed E-state index contributed by atoms with van der Waals surface area (Å²) < 4.78 is 42.2. The van der Waals surface area contributed by atoms with Crippen molar-refractivity contribution >= 4 is 86.2 Å². The van der Waals surface area contributed by atoms with Gasteiger partial charge in [-0.15, -0.1) is 0 Å². The first kappa shape index (κ1) is 78.6. The summed E-state index contributed by atoms with van der Waals surface area (Å²) in [5.41, 5.74) is 25.3. The van der Waals surface area contributed by atoms with Crippen molar-refractivity contribution in [3.8, 4) is 168 Å². The zero-order chi connectivity index (χ0) is 97.4. The van der Waals surface area contributed by atoms with Crippen molar-refractivity contribution in [2.45, 2.75) is 0 Å². The zero-order valence-electron chi connectivity index (χ0n) is 80.7. The molecule has 26 aromatic rings. The molecule has 0 unspecified atom stereocenters. The Bertz CT molecular complexity index is 9470. The lowest BCUT2D eigenvalue weighted by molar-refractivity contribution is 1.18. The Kier molecular flexibility index (Phi) is 21.1. The summed E-state index contributed by atoms with van der Waals surface area (Å²) in [5, 5.41) is 19.5. The van der Waals surface area contributed by atoms with Crippen LogP contribution in [0.15, 0.2) is 516 Å². The van der Waals surface area contributed by atoms with E-state index in [0.717, 1.165) is 128 Å². The van der Waals surface area contributed by atoms with Crippen molar-refractivity contribution in [3.05, 3.63) is 516 Å². The Hall–Kier alpha value is -18.8. The zero-order valence-corrected chi connectivity index (χ0v) is 75.7. The van der Waals surface area contributed by atoms with Crippen LogP contribution in [0, 0.1) is 0 Å². The van der Waals surface area contributed by atoms with Gasteiger partial charge in [-0.3, -0.25) is 15.0 Å². The molecule has 654 valence electrons. The molecule has 0 aliphatic carbocycles. The first-order valence-corrected chi connectivity index (χ1v) is 46.7. The van der Waals surface area contributed by atoms with Gasteiger partial charge in [-0.2, -0.15) is 0 Å². The molecule has 0 saturated heterocycles. The highest BCUT2D eigenvalue weighted by Gasteiger charge is 2.21. The maximum Gasteiger partial charge on any atom is 0.160 e. The van der Waals surface area contributed by atoms with E-state index in [4.69, 9.17) is 36.8 Å². The molecule has 26 rings (SSSR count). The van der Waals surface area contributed by atoms with E-state index in [2.05, 4.69) is 367 Å². The average Bonchev–Trinajstić information content (AvgIpc) is 0.742. The van der Waals surface area contributed by atoms with Crippen LogP contribution < -0.4 is 0 Å². The van der Waals surface area contributed by atoms with Gasteiger partial charge in [-0.25, -0.2) is 29.9 Å². The van der Waals surface area contributed by atoms with Crippen LogP contribution in [-0.2, 0) is 0 Å². The fourth-order valence-corrected chi connectivity index (χ4v) is 19.3. The summed E-state index contributed by atoms with van der Waals surface area (Å²) in [7, 11) is 0. The lowest BCUT2D eigenvalue weighted by Crippen LogP contribution is -1.96. The molecular formula is C131H85N9. The van der Waals surface area contributed by atoms with Gasteiger partial charge in [0.2, 0.25) is 0 Å². The summed E-state index contributed by atoms with van der Waals surface area (Å²) in [6.07, 6.45) is 10.9. The SMILES string of the molecule is [2H]c1c([2H])c([2H])c(-c2nc(-c3cccc(-c4cccnc4)c3)cc(-c3cccc(-c4cc5ccccc5c5ccccc45)c3)n2)c([2H])c1[2H].c1ccc(-c2nc(-c3cccc(-c4cccnc4)c3)cc(-c3cccc(-c4cc5ccccc5c5ccccc45)c3)n2)cc1.c1cncc(-c2cccc(-c3cc(-c4ccc(-c5ccc6ccccc6c5)cc4)nc(-c4ccc5c6ccccc6c6ccccc6c5c4)n3)c2)c1. The monoisotopic (exact) mass is 1790 g/mol. The normalized spacial score (nSPS) is 11.8. The van der Waals surface area contributed by atoms with Crippen LogP contribution in [0.4, 0.5) is 0 Å². The second kappa shape index (κ2) is 37.6. The van der Waals surface area contributed by atoms with Crippen LogP contribution >= 0.6 is 0 Å². The van der Waals surface area contributed by atoms with Crippen LogP contribution in [0.3, 0.4) is 0 Å². The van der Waals surface area contributed by atoms with Gasteiger partial charge in [0.05, 0.1) is 41.0 Å². The average molecular weight is 1790 g/mol. The second-order valence-corrected chi connectivity index (χ2v) is 34.8. The molecule has 0 spiro atoms. The fourth-order valence-electron chi connectivity index (χ4n) is 19.3. The van der Waals surface area contributed by atoms with Crippen LogP contribution in [0.5, 0.6) is 0 Å². The number of hydrogen-bond donors (Lipinski definition) is 0. The summed E-state index contributed by atoms with van der Waals surface area (Å²) in [6, 6.07) is 154. The van der Waals surface area contributed by atoms with Crippen LogP contribution in [-0.4, -0.2) is 44.9 Å². The van der Waals surface area contributed by atoms with Gasteiger partial charge in [0, 0.05) is 104 Å². The minimum Gasteiger partial charge on any atom is -0.264 e. The summed E-state index contributed by atoms with van der Waals surface area (Å²) in [6.45, 7) is 0. The van der Waals surface area contributed by atoms with Gasteiger partial charge in [0.15, 0.2) is 17.5 Å². The van der Waals surface area contributed by atoms with Crippen molar-refractivity contribution in [1.29, 1.82) is 0 Å². The third-order valence-corrected chi connectivity index (χ3v) is 26.1. The van der Waals surface area contributed by atoms with Gasteiger partial charge in [0.1, 0.15) is 0 Å². The Balaban J connectivity index is 0.000000117. The standard InChI is InChI=1S/C49H31N3.2C41H27N3/c1-2-10-35-27-37(23-20-32(35)9-1)33-18-21-34(22-19-33)47-30-48(38-12-7-11-36(28-38)40-13-8-26-50-31-40)52-49(51-47)39-24-25-45-43-16-4-3-14-41(43)42-15-5-6-17-44(42)46(45)29-39;2*1-2-11-28(12-3-1)41-43-39(32-16-8-14-29(23-32)34-18-10-22-42-27-34)26-40(44-41)33-17-9-15-30(24-33)38-25-31-13-4-5-19-35(31)36-20-6-7-21-37(36)38/h1-31H;2*1-27H/i;1D,2D,3D,11D,12D;. The highest BCUT2D eigenvalue weighted by Crippen LogP contribution is 2.44. The van der Waals surface area contributed by atoms with Crippen molar-refractivity contribution in [2.24, 2.45) is 0 Å². The molecule has 0 amide bonds. The van der Waals surface area contributed by atoms with Gasteiger partial charge < -0.3 is 0 Å². The Morgan fingerprint density at radius 3 is 0.864 bits per heavy atom. The molecule has 0 aliphatic rings. The summed E-state index contributed by atoms with van der Waals surface area (Å²) >= 11 is 0. The molecule has 0 fully saturated rings. The maximum atomic E-state index is 8.70. The Morgan fingerprint density at radius 2 is 0.436 bits per heavy atom. The number of fused-ring (bicyclic) bond motifs is 13. The van der Waals surface area contributed by atoms with E-state index in [1.165, 1.54) is 92.1 Å².